The smallest absolute Gasteiger partial charge is 0.244 e. The van der Waals surface area contributed by atoms with Crippen LogP contribution in [-0.2, 0) is 19.6 Å². The monoisotopic (exact) mass is 480 g/mol. The van der Waals surface area contributed by atoms with Crippen LogP contribution in [0.2, 0.25) is 5.02 Å². The molecule has 2 aromatic carbocycles. The van der Waals surface area contributed by atoms with Crippen molar-refractivity contribution < 1.29 is 17.9 Å². The number of benzene rings is 2. The highest BCUT2D eigenvalue weighted by Crippen LogP contribution is 2.28. The Kier molecular flexibility index (Phi) is 6.54. The summed E-state index contributed by atoms with van der Waals surface area (Å²) in [5.74, 6) is -0.161. The Morgan fingerprint density at radius 1 is 1.26 bits per heavy atom. The molecule has 31 heavy (non-hydrogen) atoms. The molecule has 164 valence electrons. The summed E-state index contributed by atoms with van der Waals surface area (Å²) in [5.41, 5.74) is 3.24. The van der Waals surface area contributed by atoms with Gasteiger partial charge in [-0.3, -0.25) is 4.79 Å². The second-order valence-corrected chi connectivity index (χ2v) is 10.3. The highest BCUT2D eigenvalue weighted by molar-refractivity contribution is 7.99. The minimum atomic E-state index is -3.77. The number of aromatic nitrogens is 2. The molecule has 1 amide bonds. The first-order valence-electron chi connectivity index (χ1n) is 9.59. The number of carbonyl (C=O) groups is 1. The number of anilines is 1. The molecule has 0 spiro atoms. The number of hydrogen-bond acceptors (Lipinski definition) is 6. The third-order valence-electron chi connectivity index (χ3n) is 4.76. The maximum absolute atomic E-state index is 12.9. The molecule has 1 aromatic heterocycles. The van der Waals surface area contributed by atoms with Crippen LogP contribution >= 0.6 is 23.4 Å². The number of morpholine rings is 1. The predicted molar refractivity (Wildman–Crippen MR) is 121 cm³/mol. The molecule has 2 heterocycles. The first-order chi connectivity index (χ1) is 14.8. The number of carbonyl (C=O) groups excluding carboxylic acids is 1. The Morgan fingerprint density at radius 3 is 2.81 bits per heavy atom. The van der Waals surface area contributed by atoms with Gasteiger partial charge < -0.3 is 15.0 Å². The number of H-pyrrole nitrogens is 1. The Labute approximate surface area is 189 Å². The van der Waals surface area contributed by atoms with Gasteiger partial charge in [-0.1, -0.05) is 29.4 Å². The highest BCUT2D eigenvalue weighted by Gasteiger charge is 2.28. The number of thioether (sulfide) groups is 1. The van der Waals surface area contributed by atoms with Crippen LogP contribution in [0.4, 0.5) is 5.69 Å². The van der Waals surface area contributed by atoms with Crippen LogP contribution in [-0.4, -0.2) is 60.7 Å². The minimum Gasteiger partial charge on any atom is -0.379 e. The number of nitrogens with zero attached hydrogens (tertiary/aromatic N) is 2. The number of aromatic amines is 1. The minimum absolute atomic E-state index is 0.0332. The number of imidazole rings is 1. The quantitative estimate of drug-likeness (QED) is 0.525. The zero-order valence-electron chi connectivity index (χ0n) is 16.7. The van der Waals surface area contributed by atoms with Crippen molar-refractivity contribution in [2.75, 3.05) is 37.4 Å². The fraction of sp³-hybridized carbons (Fsp3) is 0.300. The summed E-state index contributed by atoms with van der Waals surface area (Å²) in [6, 6.07) is 10.3. The number of sulfonamides is 1. The van der Waals surface area contributed by atoms with E-state index in [2.05, 4.69) is 15.3 Å². The van der Waals surface area contributed by atoms with Crippen molar-refractivity contribution in [1.29, 1.82) is 0 Å². The van der Waals surface area contributed by atoms with Gasteiger partial charge in [0.2, 0.25) is 15.9 Å². The van der Waals surface area contributed by atoms with Crippen molar-refractivity contribution in [1.82, 2.24) is 14.3 Å². The topological polar surface area (TPSA) is 104 Å². The largest absolute Gasteiger partial charge is 0.379 e. The first-order valence-corrected chi connectivity index (χ1v) is 12.4. The van der Waals surface area contributed by atoms with Crippen LogP contribution in [0.15, 0.2) is 46.5 Å². The number of nitrogens with one attached hydrogen (secondary N) is 2. The number of halogens is 1. The number of rotatable bonds is 6. The van der Waals surface area contributed by atoms with Gasteiger partial charge in [-0.2, -0.15) is 4.31 Å². The molecule has 0 saturated carbocycles. The van der Waals surface area contributed by atoms with Crippen molar-refractivity contribution >= 4 is 56.0 Å². The predicted octanol–water partition coefficient (Wildman–Crippen LogP) is 3.28. The van der Waals surface area contributed by atoms with E-state index in [-0.39, 0.29) is 34.7 Å². The van der Waals surface area contributed by atoms with Crippen LogP contribution in [0.5, 0.6) is 0 Å². The van der Waals surface area contributed by atoms with Crippen LogP contribution < -0.4 is 5.32 Å². The molecule has 1 fully saturated rings. The summed E-state index contributed by atoms with van der Waals surface area (Å²) >= 11 is 7.43. The van der Waals surface area contributed by atoms with E-state index in [4.69, 9.17) is 16.3 Å². The average Bonchev–Trinajstić information content (AvgIpc) is 3.16. The van der Waals surface area contributed by atoms with Gasteiger partial charge in [-0.15, -0.1) is 0 Å². The maximum atomic E-state index is 12.9. The van der Waals surface area contributed by atoms with E-state index in [9.17, 15) is 13.2 Å². The normalized spacial score (nSPS) is 15.3. The van der Waals surface area contributed by atoms with Crippen molar-refractivity contribution in [2.24, 2.45) is 0 Å². The lowest BCUT2D eigenvalue weighted by Gasteiger charge is -2.26. The fourth-order valence-corrected chi connectivity index (χ4v) is 5.80. The molecule has 1 aliphatic heterocycles. The third-order valence-corrected chi connectivity index (χ3v) is 8.01. The lowest BCUT2D eigenvalue weighted by molar-refractivity contribution is -0.113. The van der Waals surface area contributed by atoms with Gasteiger partial charge in [0.25, 0.3) is 0 Å². The zero-order chi connectivity index (χ0) is 22.0. The SMILES string of the molecule is Cc1ccc2nc(SCC(=O)Nc3ccc(Cl)c(S(=O)(=O)N4CCOCC4)c3)[nH]c2c1. The van der Waals surface area contributed by atoms with E-state index >= 15 is 0 Å². The number of fused-ring (bicyclic) bond motifs is 1. The molecule has 1 aliphatic rings. The third kappa shape index (κ3) is 5.04. The summed E-state index contributed by atoms with van der Waals surface area (Å²) < 4.78 is 32.4. The molecular formula is C20H21ClN4O4S2. The molecule has 3 aromatic rings. The molecule has 11 heteroatoms. The Morgan fingerprint density at radius 2 is 2.03 bits per heavy atom. The summed E-state index contributed by atoms with van der Waals surface area (Å²) in [7, 11) is -3.77. The lowest BCUT2D eigenvalue weighted by atomic mass is 10.2. The highest BCUT2D eigenvalue weighted by atomic mass is 35.5. The van der Waals surface area contributed by atoms with Gasteiger partial charge in [0, 0.05) is 18.8 Å². The molecule has 0 aliphatic carbocycles. The molecule has 0 radical (unpaired) electrons. The number of hydrogen-bond donors (Lipinski definition) is 2. The second kappa shape index (κ2) is 9.17. The van der Waals surface area contributed by atoms with Crippen molar-refractivity contribution in [3.05, 3.63) is 47.0 Å². The molecule has 4 rings (SSSR count). The van der Waals surface area contributed by atoms with Gasteiger partial charge in [0.1, 0.15) is 4.90 Å². The Hall–Kier alpha value is -2.11. The summed E-state index contributed by atoms with van der Waals surface area (Å²) in [6.07, 6.45) is 0. The van der Waals surface area contributed by atoms with Gasteiger partial charge in [0.15, 0.2) is 5.16 Å². The molecule has 1 saturated heterocycles. The zero-order valence-corrected chi connectivity index (χ0v) is 19.1. The lowest BCUT2D eigenvalue weighted by Crippen LogP contribution is -2.40. The molecule has 0 bridgehead atoms. The molecule has 0 atom stereocenters. The van der Waals surface area contributed by atoms with E-state index in [1.54, 1.807) is 6.07 Å². The van der Waals surface area contributed by atoms with E-state index < -0.39 is 10.0 Å². The summed E-state index contributed by atoms with van der Waals surface area (Å²) in [4.78, 5) is 20.0. The molecular weight excluding hydrogens is 460 g/mol. The Bertz CT molecular complexity index is 1220. The van der Waals surface area contributed by atoms with Gasteiger partial charge in [-0.05, 0) is 42.8 Å². The van der Waals surface area contributed by atoms with Crippen LogP contribution in [0, 0.1) is 6.92 Å². The Balaban J connectivity index is 1.43. The molecule has 2 N–H and O–H groups in total. The number of amides is 1. The summed E-state index contributed by atoms with van der Waals surface area (Å²) in [5, 5.41) is 3.48. The number of aryl methyl sites for hydroxylation is 1. The standard InChI is InChI=1S/C20H21ClN4O4S2/c1-13-2-5-16-17(10-13)24-20(23-16)30-12-19(26)22-14-3-4-15(21)18(11-14)31(27,28)25-6-8-29-9-7-25/h2-5,10-11H,6-9,12H2,1H3,(H,22,26)(H,23,24). The fourth-order valence-electron chi connectivity index (χ4n) is 3.20. The van der Waals surface area contributed by atoms with Crippen LogP contribution in [0.25, 0.3) is 11.0 Å². The maximum Gasteiger partial charge on any atom is 0.244 e. The van der Waals surface area contributed by atoms with E-state index in [1.807, 2.05) is 25.1 Å². The number of ether oxygens (including phenoxy) is 1. The second-order valence-electron chi connectivity index (χ2n) is 7.06. The van der Waals surface area contributed by atoms with Crippen LogP contribution in [0.3, 0.4) is 0 Å². The van der Waals surface area contributed by atoms with Crippen molar-refractivity contribution in [2.45, 2.75) is 17.0 Å². The van der Waals surface area contributed by atoms with Gasteiger partial charge >= 0.3 is 0 Å². The van der Waals surface area contributed by atoms with Gasteiger partial charge in [-0.25, -0.2) is 13.4 Å². The van der Waals surface area contributed by atoms with E-state index in [0.717, 1.165) is 16.6 Å². The van der Waals surface area contributed by atoms with Crippen LogP contribution in [0.1, 0.15) is 5.56 Å². The first kappa shape index (κ1) is 22.1. The molecule has 8 nitrogen and oxygen atoms in total. The van der Waals surface area contributed by atoms with Gasteiger partial charge in [0.05, 0.1) is 35.0 Å². The molecule has 0 unspecified atom stereocenters. The van der Waals surface area contributed by atoms with Crippen molar-refractivity contribution in [3.63, 3.8) is 0 Å². The van der Waals surface area contributed by atoms with E-state index in [1.165, 1.54) is 28.2 Å². The van der Waals surface area contributed by atoms with E-state index in [0.29, 0.717) is 24.1 Å². The van der Waals surface area contributed by atoms with Crippen molar-refractivity contribution in [3.8, 4) is 0 Å². The average molecular weight is 481 g/mol. The summed E-state index contributed by atoms with van der Waals surface area (Å²) in [6.45, 7) is 3.21.